The van der Waals surface area contributed by atoms with Gasteiger partial charge in [0.1, 0.15) is 0 Å². The van der Waals surface area contributed by atoms with Crippen LogP contribution in [0.3, 0.4) is 0 Å². The summed E-state index contributed by atoms with van der Waals surface area (Å²) in [6.45, 7) is 5.80. The summed E-state index contributed by atoms with van der Waals surface area (Å²) in [6, 6.07) is 6.96. The van der Waals surface area contributed by atoms with Gasteiger partial charge in [-0.2, -0.15) is 0 Å². The second kappa shape index (κ2) is 9.41. The molecule has 0 aliphatic heterocycles. The predicted octanol–water partition coefficient (Wildman–Crippen LogP) is 3.10. The second-order valence-corrected chi connectivity index (χ2v) is 7.48. The Morgan fingerprint density at radius 1 is 1.14 bits per heavy atom. The Morgan fingerprint density at radius 2 is 1.81 bits per heavy atom. The molecule has 1 aromatic carbocycles. The Hall–Kier alpha value is -0.620. The van der Waals surface area contributed by atoms with E-state index in [1.807, 2.05) is 19.1 Å². The summed E-state index contributed by atoms with van der Waals surface area (Å²) >= 11 is 5.83. The molecule has 0 bridgehead atoms. The van der Waals surface area contributed by atoms with Gasteiger partial charge in [-0.1, -0.05) is 30.7 Å². The van der Waals surface area contributed by atoms with Crippen LogP contribution in [-0.4, -0.2) is 27.3 Å². The fourth-order valence-corrected chi connectivity index (χ4v) is 3.49. The van der Waals surface area contributed by atoms with Crippen molar-refractivity contribution in [2.45, 2.75) is 39.2 Å². The van der Waals surface area contributed by atoms with E-state index in [2.05, 4.69) is 17.0 Å². The lowest BCUT2D eigenvalue weighted by molar-refractivity contribution is 0.560. The van der Waals surface area contributed by atoms with E-state index in [0.29, 0.717) is 11.4 Å². The smallest absolute Gasteiger partial charge is 0.212 e. The SMILES string of the molecule is CCCNCCCCS(=O)(=O)NC(C)c1ccc(Cl)cc1. The lowest BCUT2D eigenvalue weighted by Gasteiger charge is -2.14. The zero-order valence-corrected chi connectivity index (χ0v) is 14.3. The van der Waals surface area contributed by atoms with Crippen molar-refractivity contribution in [1.82, 2.24) is 10.0 Å². The third kappa shape index (κ3) is 7.81. The van der Waals surface area contributed by atoms with Crippen molar-refractivity contribution < 1.29 is 8.42 Å². The maximum atomic E-state index is 12.0. The van der Waals surface area contributed by atoms with Gasteiger partial charge in [-0.3, -0.25) is 0 Å². The Kier molecular flexibility index (Phi) is 8.26. The van der Waals surface area contributed by atoms with Gasteiger partial charge >= 0.3 is 0 Å². The molecule has 1 unspecified atom stereocenters. The molecule has 1 atom stereocenters. The van der Waals surface area contributed by atoms with Crippen molar-refractivity contribution in [3.63, 3.8) is 0 Å². The molecule has 0 spiro atoms. The molecule has 0 saturated heterocycles. The van der Waals surface area contributed by atoms with Gasteiger partial charge in [-0.05, 0) is 57.0 Å². The van der Waals surface area contributed by atoms with Gasteiger partial charge < -0.3 is 5.32 Å². The monoisotopic (exact) mass is 332 g/mol. The first-order valence-electron chi connectivity index (χ1n) is 7.41. The number of halogens is 1. The lowest BCUT2D eigenvalue weighted by atomic mass is 10.1. The van der Waals surface area contributed by atoms with Crippen LogP contribution >= 0.6 is 11.6 Å². The summed E-state index contributed by atoms with van der Waals surface area (Å²) < 4.78 is 26.7. The number of rotatable bonds is 10. The van der Waals surface area contributed by atoms with Crippen LogP contribution in [0.2, 0.25) is 5.02 Å². The average Bonchev–Trinajstić information content (AvgIpc) is 2.43. The van der Waals surface area contributed by atoms with Crippen LogP contribution in [0.1, 0.15) is 44.7 Å². The number of sulfonamides is 1. The summed E-state index contributed by atoms with van der Waals surface area (Å²) in [7, 11) is -3.24. The molecule has 0 amide bonds. The molecule has 21 heavy (non-hydrogen) atoms. The quantitative estimate of drug-likeness (QED) is 0.647. The first kappa shape index (κ1) is 18.4. The van der Waals surface area contributed by atoms with E-state index in [4.69, 9.17) is 11.6 Å². The van der Waals surface area contributed by atoms with E-state index in [0.717, 1.165) is 31.5 Å². The molecule has 120 valence electrons. The van der Waals surface area contributed by atoms with Crippen LogP contribution in [-0.2, 0) is 10.0 Å². The van der Waals surface area contributed by atoms with E-state index >= 15 is 0 Å². The van der Waals surface area contributed by atoms with Crippen LogP contribution in [0.5, 0.6) is 0 Å². The van der Waals surface area contributed by atoms with E-state index in [1.165, 1.54) is 0 Å². The van der Waals surface area contributed by atoms with Crippen LogP contribution < -0.4 is 10.0 Å². The molecule has 6 heteroatoms. The molecular weight excluding hydrogens is 308 g/mol. The van der Waals surface area contributed by atoms with Crippen molar-refractivity contribution in [1.29, 1.82) is 0 Å². The van der Waals surface area contributed by atoms with Gasteiger partial charge in [0, 0.05) is 11.1 Å². The molecule has 1 rings (SSSR count). The molecule has 0 aromatic heterocycles. The molecule has 0 aliphatic rings. The van der Waals surface area contributed by atoms with Crippen molar-refractivity contribution in [2.75, 3.05) is 18.8 Å². The highest BCUT2D eigenvalue weighted by Gasteiger charge is 2.15. The number of hydrogen-bond acceptors (Lipinski definition) is 3. The minimum atomic E-state index is -3.24. The zero-order chi connectivity index (χ0) is 15.7. The topological polar surface area (TPSA) is 58.2 Å². The van der Waals surface area contributed by atoms with Gasteiger partial charge in [-0.15, -0.1) is 0 Å². The van der Waals surface area contributed by atoms with Crippen LogP contribution in [0.15, 0.2) is 24.3 Å². The van der Waals surface area contributed by atoms with Crippen molar-refractivity contribution >= 4 is 21.6 Å². The fraction of sp³-hybridized carbons (Fsp3) is 0.600. The van der Waals surface area contributed by atoms with Crippen molar-refractivity contribution in [3.8, 4) is 0 Å². The third-order valence-electron chi connectivity index (χ3n) is 3.17. The fourth-order valence-electron chi connectivity index (χ4n) is 1.99. The van der Waals surface area contributed by atoms with Crippen LogP contribution in [0, 0.1) is 0 Å². The molecule has 4 nitrogen and oxygen atoms in total. The molecule has 2 N–H and O–H groups in total. The summed E-state index contributed by atoms with van der Waals surface area (Å²) in [5, 5.41) is 3.91. The summed E-state index contributed by atoms with van der Waals surface area (Å²) in [6.07, 6.45) is 2.63. The third-order valence-corrected chi connectivity index (χ3v) is 4.96. The normalized spacial score (nSPS) is 13.3. The Morgan fingerprint density at radius 3 is 2.43 bits per heavy atom. The number of unbranched alkanes of at least 4 members (excludes halogenated alkanes) is 1. The molecule has 0 aliphatic carbocycles. The molecular formula is C15H25ClN2O2S. The largest absolute Gasteiger partial charge is 0.317 e. The first-order valence-corrected chi connectivity index (χ1v) is 9.44. The number of hydrogen-bond donors (Lipinski definition) is 2. The maximum Gasteiger partial charge on any atom is 0.212 e. The van der Waals surface area contributed by atoms with Gasteiger partial charge in [0.05, 0.1) is 5.75 Å². The number of nitrogens with one attached hydrogen (secondary N) is 2. The first-order chi connectivity index (χ1) is 9.94. The van der Waals surface area contributed by atoms with Gasteiger partial charge in [0.15, 0.2) is 0 Å². The van der Waals surface area contributed by atoms with E-state index in [-0.39, 0.29) is 11.8 Å². The van der Waals surface area contributed by atoms with Crippen molar-refractivity contribution in [3.05, 3.63) is 34.9 Å². The van der Waals surface area contributed by atoms with E-state index in [9.17, 15) is 8.42 Å². The van der Waals surface area contributed by atoms with Gasteiger partial charge in [0.25, 0.3) is 0 Å². The minimum absolute atomic E-state index is 0.165. The Bertz CT molecular complexity index is 503. The van der Waals surface area contributed by atoms with Crippen molar-refractivity contribution in [2.24, 2.45) is 0 Å². The van der Waals surface area contributed by atoms with Gasteiger partial charge in [-0.25, -0.2) is 13.1 Å². The Labute approximate surface area is 133 Å². The van der Waals surface area contributed by atoms with Crippen LogP contribution in [0.25, 0.3) is 0 Å². The maximum absolute atomic E-state index is 12.0. The summed E-state index contributed by atoms with van der Waals surface area (Å²) in [5.74, 6) is 0.165. The number of benzene rings is 1. The molecule has 0 heterocycles. The second-order valence-electron chi connectivity index (χ2n) is 5.17. The highest BCUT2D eigenvalue weighted by molar-refractivity contribution is 7.89. The summed E-state index contributed by atoms with van der Waals surface area (Å²) in [5.41, 5.74) is 0.910. The standard InChI is InChI=1S/C15H25ClN2O2S/c1-3-10-17-11-4-5-12-21(19,20)18-13(2)14-6-8-15(16)9-7-14/h6-9,13,17-18H,3-5,10-12H2,1-2H3. The zero-order valence-electron chi connectivity index (χ0n) is 12.7. The molecule has 1 aromatic rings. The van der Waals surface area contributed by atoms with E-state index in [1.54, 1.807) is 12.1 Å². The predicted molar refractivity (Wildman–Crippen MR) is 89.2 cm³/mol. The van der Waals surface area contributed by atoms with E-state index < -0.39 is 10.0 Å². The van der Waals surface area contributed by atoms with Gasteiger partial charge in [0.2, 0.25) is 10.0 Å². The summed E-state index contributed by atoms with van der Waals surface area (Å²) in [4.78, 5) is 0. The lowest BCUT2D eigenvalue weighted by Crippen LogP contribution is -2.29. The molecule has 0 fully saturated rings. The highest BCUT2D eigenvalue weighted by atomic mass is 35.5. The Balaban J connectivity index is 2.36. The minimum Gasteiger partial charge on any atom is -0.317 e. The highest BCUT2D eigenvalue weighted by Crippen LogP contribution is 2.17. The molecule has 0 radical (unpaired) electrons. The molecule has 0 saturated carbocycles. The average molecular weight is 333 g/mol. The van der Waals surface area contributed by atoms with Crippen LogP contribution in [0.4, 0.5) is 0 Å².